The van der Waals surface area contributed by atoms with Gasteiger partial charge in [-0.2, -0.15) is 5.10 Å². The third-order valence-corrected chi connectivity index (χ3v) is 5.94. The van der Waals surface area contributed by atoms with E-state index >= 15 is 0 Å². The van der Waals surface area contributed by atoms with Gasteiger partial charge in [0.2, 0.25) is 17.6 Å². The number of hydrogen-bond donors (Lipinski definition) is 0. The van der Waals surface area contributed by atoms with Crippen LogP contribution >= 0.6 is 0 Å². The molecule has 6 heterocycles. The molecular formula is C25H17N7O2. The molecule has 0 radical (unpaired) electrons. The van der Waals surface area contributed by atoms with E-state index in [0.717, 1.165) is 28.3 Å². The van der Waals surface area contributed by atoms with E-state index in [9.17, 15) is 0 Å². The third-order valence-electron chi connectivity index (χ3n) is 5.94. The largest absolute Gasteiger partial charge is 0.468 e. The van der Waals surface area contributed by atoms with Gasteiger partial charge in [0.1, 0.15) is 17.8 Å². The lowest BCUT2D eigenvalue weighted by Gasteiger charge is -2.24. The standard InChI is InChI=1S/C25H17N7O2/c1-15-19-20(18-11-7-13-33-18)21-23-28-22(17-10-5-6-12-26-17)30-31(23)14-27-24(21)34-25(19)32(29-15)16-8-3-2-4-9-16/h2-14,20H,1H3/t20-/m0/s1. The first-order chi connectivity index (χ1) is 16.8. The van der Waals surface area contributed by atoms with Crippen molar-refractivity contribution in [1.82, 2.24) is 34.3 Å². The number of benzene rings is 1. The van der Waals surface area contributed by atoms with Gasteiger partial charge in [0, 0.05) is 6.20 Å². The van der Waals surface area contributed by atoms with Crippen LogP contribution in [0, 0.1) is 6.92 Å². The van der Waals surface area contributed by atoms with Crippen LogP contribution in [0.4, 0.5) is 0 Å². The fourth-order valence-electron chi connectivity index (χ4n) is 4.47. The Kier molecular flexibility index (Phi) is 3.92. The van der Waals surface area contributed by atoms with Gasteiger partial charge in [0.15, 0.2) is 5.65 Å². The lowest BCUT2D eigenvalue weighted by Crippen LogP contribution is -2.15. The van der Waals surface area contributed by atoms with Crippen molar-refractivity contribution in [2.24, 2.45) is 0 Å². The van der Waals surface area contributed by atoms with Crippen LogP contribution in [-0.2, 0) is 0 Å². The molecule has 1 atom stereocenters. The molecule has 9 heteroatoms. The molecule has 1 aliphatic heterocycles. The maximum absolute atomic E-state index is 6.39. The second kappa shape index (κ2) is 7.11. The molecule has 164 valence electrons. The van der Waals surface area contributed by atoms with Crippen LogP contribution in [0.15, 0.2) is 83.9 Å². The van der Waals surface area contributed by atoms with Gasteiger partial charge in [-0.25, -0.2) is 19.2 Å². The minimum Gasteiger partial charge on any atom is -0.468 e. The van der Waals surface area contributed by atoms with E-state index in [1.807, 2.05) is 67.6 Å². The summed E-state index contributed by atoms with van der Waals surface area (Å²) in [6.45, 7) is 1.97. The van der Waals surface area contributed by atoms with Gasteiger partial charge >= 0.3 is 0 Å². The smallest absolute Gasteiger partial charge is 0.230 e. The van der Waals surface area contributed by atoms with Crippen LogP contribution in [-0.4, -0.2) is 34.3 Å². The van der Waals surface area contributed by atoms with Crippen molar-refractivity contribution in [2.75, 3.05) is 0 Å². The summed E-state index contributed by atoms with van der Waals surface area (Å²) in [5.41, 5.74) is 4.72. The van der Waals surface area contributed by atoms with Gasteiger partial charge in [-0.3, -0.25) is 4.98 Å². The number of hydrogen-bond acceptors (Lipinski definition) is 7. The monoisotopic (exact) mass is 447 g/mol. The normalized spacial score (nSPS) is 14.6. The maximum atomic E-state index is 6.39. The second-order valence-corrected chi connectivity index (χ2v) is 7.98. The molecule has 0 spiro atoms. The lowest BCUT2D eigenvalue weighted by atomic mass is 9.88. The number of rotatable bonds is 3. The molecule has 0 saturated heterocycles. The van der Waals surface area contributed by atoms with Crippen molar-refractivity contribution >= 4 is 5.65 Å². The number of aryl methyl sites for hydroxylation is 1. The van der Waals surface area contributed by atoms with Gasteiger partial charge in [0.25, 0.3) is 0 Å². The minimum absolute atomic E-state index is 0.316. The van der Waals surface area contributed by atoms with Crippen molar-refractivity contribution in [3.8, 4) is 29.0 Å². The molecule has 0 aliphatic carbocycles. The second-order valence-electron chi connectivity index (χ2n) is 7.98. The summed E-state index contributed by atoms with van der Waals surface area (Å²) in [7, 11) is 0. The Morgan fingerprint density at radius 1 is 0.882 bits per heavy atom. The molecule has 0 N–H and O–H groups in total. The minimum atomic E-state index is -0.316. The zero-order valence-electron chi connectivity index (χ0n) is 18.0. The van der Waals surface area contributed by atoms with E-state index in [-0.39, 0.29) is 5.92 Å². The van der Waals surface area contributed by atoms with E-state index < -0.39 is 0 Å². The zero-order valence-corrected chi connectivity index (χ0v) is 18.0. The molecule has 34 heavy (non-hydrogen) atoms. The van der Waals surface area contributed by atoms with Crippen molar-refractivity contribution in [3.05, 3.63) is 102 Å². The van der Waals surface area contributed by atoms with E-state index in [1.54, 1.807) is 28.0 Å². The number of fused-ring (bicyclic) bond motifs is 4. The van der Waals surface area contributed by atoms with Gasteiger partial charge in [-0.05, 0) is 43.3 Å². The molecular weight excluding hydrogens is 430 g/mol. The molecule has 9 nitrogen and oxygen atoms in total. The molecule has 5 aromatic heterocycles. The summed E-state index contributed by atoms with van der Waals surface area (Å²) >= 11 is 0. The number of ether oxygens (including phenoxy) is 1. The molecule has 0 amide bonds. The van der Waals surface area contributed by atoms with Crippen LogP contribution in [0.1, 0.15) is 28.5 Å². The Balaban J connectivity index is 1.49. The van der Waals surface area contributed by atoms with Gasteiger partial charge in [0.05, 0.1) is 34.7 Å². The number of aromatic nitrogens is 7. The first-order valence-electron chi connectivity index (χ1n) is 10.8. The van der Waals surface area contributed by atoms with Crippen LogP contribution in [0.2, 0.25) is 0 Å². The van der Waals surface area contributed by atoms with Crippen LogP contribution < -0.4 is 4.74 Å². The molecule has 0 unspecified atom stereocenters. The van der Waals surface area contributed by atoms with E-state index in [2.05, 4.69) is 15.1 Å². The molecule has 0 saturated carbocycles. The third kappa shape index (κ3) is 2.70. The van der Waals surface area contributed by atoms with Crippen LogP contribution in [0.3, 0.4) is 0 Å². The predicted molar refractivity (Wildman–Crippen MR) is 122 cm³/mol. The summed E-state index contributed by atoms with van der Waals surface area (Å²) < 4.78 is 15.8. The van der Waals surface area contributed by atoms with Crippen LogP contribution in [0.25, 0.3) is 22.9 Å². The maximum Gasteiger partial charge on any atom is 0.230 e. The summed E-state index contributed by atoms with van der Waals surface area (Å²) in [4.78, 5) is 13.8. The van der Waals surface area contributed by atoms with Gasteiger partial charge in [-0.1, -0.05) is 24.3 Å². The topological polar surface area (TPSA) is 96.2 Å². The van der Waals surface area contributed by atoms with Crippen molar-refractivity contribution in [2.45, 2.75) is 12.8 Å². The van der Waals surface area contributed by atoms with Gasteiger partial charge in [-0.15, -0.1) is 5.10 Å². The Labute approximate surface area is 193 Å². The Morgan fingerprint density at radius 2 is 1.76 bits per heavy atom. The van der Waals surface area contributed by atoms with E-state index in [4.69, 9.17) is 19.2 Å². The van der Waals surface area contributed by atoms with Crippen molar-refractivity contribution < 1.29 is 9.15 Å². The highest BCUT2D eigenvalue weighted by molar-refractivity contribution is 5.67. The fraction of sp³-hybridized carbons (Fsp3) is 0.0800. The highest BCUT2D eigenvalue weighted by Crippen LogP contribution is 2.49. The summed E-state index contributed by atoms with van der Waals surface area (Å²) in [6.07, 6.45) is 4.99. The predicted octanol–water partition coefficient (Wildman–Crippen LogP) is 4.56. The number of nitrogens with zero attached hydrogens (tertiary/aromatic N) is 7. The SMILES string of the molecule is Cc1nn(-c2ccccc2)c2c1[C@H](c1ccco1)c1c(ncn3nc(-c4ccccn4)nc13)O2. The molecule has 0 bridgehead atoms. The first-order valence-corrected chi connectivity index (χ1v) is 10.8. The molecule has 6 aromatic rings. The lowest BCUT2D eigenvalue weighted by molar-refractivity contribution is 0.392. The average Bonchev–Trinajstić information content (AvgIpc) is 3.63. The Hall–Kier alpha value is -4.79. The first kappa shape index (κ1) is 18.8. The zero-order chi connectivity index (χ0) is 22.6. The Bertz CT molecular complexity index is 1640. The Morgan fingerprint density at radius 3 is 2.56 bits per heavy atom. The summed E-state index contributed by atoms with van der Waals surface area (Å²) in [5.74, 6) is 2.00. The van der Waals surface area contributed by atoms with Gasteiger partial charge < -0.3 is 9.15 Å². The van der Waals surface area contributed by atoms with E-state index in [1.165, 1.54) is 0 Å². The molecule has 1 aromatic carbocycles. The molecule has 7 rings (SSSR count). The number of pyridine rings is 1. The number of furan rings is 1. The summed E-state index contributed by atoms with van der Waals surface area (Å²) in [5, 5.41) is 9.42. The van der Waals surface area contributed by atoms with Crippen molar-refractivity contribution in [1.29, 1.82) is 0 Å². The number of para-hydroxylation sites is 1. The van der Waals surface area contributed by atoms with Crippen molar-refractivity contribution in [3.63, 3.8) is 0 Å². The van der Waals surface area contributed by atoms with Crippen LogP contribution in [0.5, 0.6) is 11.8 Å². The van der Waals surface area contributed by atoms with E-state index in [0.29, 0.717) is 28.9 Å². The summed E-state index contributed by atoms with van der Waals surface area (Å²) in [6, 6.07) is 19.3. The average molecular weight is 447 g/mol. The highest BCUT2D eigenvalue weighted by Gasteiger charge is 2.39. The quantitative estimate of drug-likeness (QED) is 0.392. The molecule has 1 aliphatic rings. The highest BCUT2D eigenvalue weighted by atomic mass is 16.5. The fourth-order valence-corrected chi connectivity index (χ4v) is 4.47. The molecule has 0 fully saturated rings.